The maximum Gasteiger partial charge on any atom is 0.307 e. The van der Waals surface area contributed by atoms with E-state index >= 15 is 0 Å². The Hall–Kier alpha value is -1.35. The second kappa shape index (κ2) is 6.28. The average molecular weight is 243 g/mol. The van der Waals surface area contributed by atoms with Crippen LogP contribution in [0.4, 0.5) is 4.39 Å². The molecular weight excluding hydrogens is 231 g/mol. The molecule has 0 aromatic heterocycles. The lowest BCUT2D eigenvalue weighted by molar-refractivity contribution is -0.136. The lowest BCUT2D eigenvalue weighted by Crippen LogP contribution is -2.02. The van der Waals surface area contributed by atoms with Crippen LogP contribution in [0.15, 0.2) is 24.3 Å². The molecule has 0 aliphatic heterocycles. The summed E-state index contributed by atoms with van der Waals surface area (Å²) in [6, 6.07) is 4.41. The Kier molecular flexibility index (Phi) is 4.99. The van der Waals surface area contributed by atoms with Gasteiger partial charge in [-0.2, -0.15) is 0 Å². The minimum atomic E-state index is -1.04. The summed E-state index contributed by atoms with van der Waals surface area (Å²) in [5.41, 5.74) is 0.975. The molecule has 0 spiro atoms. The smallest absolute Gasteiger partial charge is 0.307 e. The van der Waals surface area contributed by atoms with Crippen LogP contribution in [0, 0.1) is 5.82 Å². The Morgan fingerprint density at radius 2 is 2.25 bits per heavy atom. The standard InChI is InChI=1S/C12H12ClFO2/c13-6-2-1-3-9-4-5-11(14)10(7-9)8-12(15)16/h1,3-5,7H,2,6,8H2,(H,15,16). The number of carbonyl (C=O) groups is 1. The van der Waals surface area contributed by atoms with Gasteiger partial charge >= 0.3 is 5.97 Å². The quantitative estimate of drug-likeness (QED) is 0.806. The fourth-order valence-corrected chi connectivity index (χ4v) is 1.41. The number of hydrogen-bond acceptors (Lipinski definition) is 1. The number of carboxylic acid groups (broad SMARTS) is 1. The van der Waals surface area contributed by atoms with E-state index in [-0.39, 0.29) is 12.0 Å². The SMILES string of the molecule is O=C(O)Cc1cc(C=CCCCl)ccc1F. The zero-order valence-electron chi connectivity index (χ0n) is 8.62. The van der Waals surface area contributed by atoms with Crippen LogP contribution in [0.2, 0.25) is 0 Å². The molecule has 0 aliphatic rings. The maximum absolute atomic E-state index is 13.2. The molecule has 0 radical (unpaired) electrons. The number of carboxylic acids is 1. The van der Waals surface area contributed by atoms with Crippen molar-refractivity contribution in [3.63, 3.8) is 0 Å². The summed E-state index contributed by atoms with van der Waals surface area (Å²) in [7, 11) is 0. The highest BCUT2D eigenvalue weighted by Gasteiger charge is 2.06. The van der Waals surface area contributed by atoms with Crippen molar-refractivity contribution in [3.8, 4) is 0 Å². The average Bonchev–Trinajstić information content (AvgIpc) is 2.22. The van der Waals surface area contributed by atoms with E-state index in [1.807, 2.05) is 6.08 Å². The molecule has 0 fully saturated rings. The summed E-state index contributed by atoms with van der Waals surface area (Å²) < 4.78 is 13.2. The third-order valence-electron chi connectivity index (χ3n) is 2.00. The van der Waals surface area contributed by atoms with Crippen LogP contribution in [0.25, 0.3) is 6.08 Å². The first-order valence-corrected chi connectivity index (χ1v) is 5.39. The van der Waals surface area contributed by atoms with Crippen LogP contribution in [0.1, 0.15) is 17.5 Å². The van der Waals surface area contributed by atoms with E-state index < -0.39 is 11.8 Å². The van der Waals surface area contributed by atoms with Gasteiger partial charge in [0.1, 0.15) is 5.82 Å². The van der Waals surface area contributed by atoms with Gasteiger partial charge in [-0.05, 0) is 29.7 Å². The second-order valence-corrected chi connectivity index (χ2v) is 3.68. The highest BCUT2D eigenvalue weighted by Crippen LogP contribution is 2.13. The second-order valence-electron chi connectivity index (χ2n) is 3.30. The third kappa shape index (κ3) is 4.03. The third-order valence-corrected chi connectivity index (χ3v) is 2.22. The lowest BCUT2D eigenvalue weighted by Gasteiger charge is -2.01. The molecule has 1 aromatic rings. The summed E-state index contributed by atoms with van der Waals surface area (Å²) in [6.45, 7) is 0. The molecule has 0 saturated heterocycles. The number of halogens is 2. The Balaban J connectivity index is 2.84. The van der Waals surface area contributed by atoms with Gasteiger partial charge in [-0.25, -0.2) is 4.39 Å². The van der Waals surface area contributed by atoms with Crippen LogP contribution < -0.4 is 0 Å². The molecule has 0 amide bonds. The molecule has 0 bridgehead atoms. The fourth-order valence-electron chi connectivity index (χ4n) is 1.28. The molecule has 86 valence electrons. The van der Waals surface area contributed by atoms with E-state index in [4.69, 9.17) is 16.7 Å². The molecule has 1 N–H and O–H groups in total. The van der Waals surface area contributed by atoms with Crippen molar-refractivity contribution in [1.29, 1.82) is 0 Å². The van der Waals surface area contributed by atoms with Crippen LogP contribution in [-0.4, -0.2) is 17.0 Å². The minimum absolute atomic E-state index is 0.195. The van der Waals surface area contributed by atoms with Crippen molar-refractivity contribution < 1.29 is 14.3 Å². The topological polar surface area (TPSA) is 37.3 Å². The Morgan fingerprint density at radius 1 is 1.50 bits per heavy atom. The van der Waals surface area contributed by atoms with E-state index in [1.165, 1.54) is 12.1 Å². The van der Waals surface area contributed by atoms with Gasteiger partial charge in [0.05, 0.1) is 6.42 Å². The molecule has 0 aliphatic carbocycles. The molecule has 4 heteroatoms. The number of benzene rings is 1. The van der Waals surface area contributed by atoms with E-state index in [9.17, 15) is 9.18 Å². The van der Waals surface area contributed by atoms with Gasteiger partial charge in [-0.3, -0.25) is 4.79 Å². The van der Waals surface area contributed by atoms with Crippen LogP contribution in [0.3, 0.4) is 0 Å². The lowest BCUT2D eigenvalue weighted by atomic mass is 10.1. The normalized spacial score (nSPS) is 10.9. The van der Waals surface area contributed by atoms with Crippen molar-refractivity contribution in [2.75, 3.05) is 5.88 Å². The molecule has 2 nitrogen and oxygen atoms in total. The van der Waals surface area contributed by atoms with Gasteiger partial charge in [0.15, 0.2) is 0 Å². The highest BCUT2D eigenvalue weighted by molar-refractivity contribution is 6.17. The highest BCUT2D eigenvalue weighted by atomic mass is 35.5. The van der Waals surface area contributed by atoms with Gasteiger partial charge in [0.2, 0.25) is 0 Å². The summed E-state index contributed by atoms with van der Waals surface area (Å²) in [5.74, 6) is -1.00. The molecule has 1 aromatic carbocycles. The largest absolute Gasteiger partial charge is 0.481 e. The molecular formula is C12H12ClFO2. The molecule has 0 unspecified atom stereocenters. The van der Waals surface area contributed by atoms with Gasteiger partial charge in [0.25, 0.3) is 0 Å². The van der Waals surface area contributed by atoms with Gasteiger partial charge in [-0.15, -0.1) is 11.6 Å². The van der Waals surface area contributed by atoms with Crippen LogP contribution >= 0.6 is 11.6 Å². The zero-order valence-corrected chi connectivity index (χ0v) is 9.38. The zero-order chi connectivity index (χ0) is 12.0. The van der Waals surface area contributed by atoms with E-state index in [0.717, 1.165) is 12.0 Å². The number of hydrogen-bond donors (Lipinski definition) is 1. The van der Waals surface area contributed by atoms with Crippen molar-refractivity contribution in [2.24, 2.45) is 0 Å². The summed E-state index contributed by atoms with van der Waals surface area (Å²) in [5, 5.41) is 8.59. The minimum Gasteiger partial charge on any atom is -0.481 e. The van der Waals surface area contributed by atoms with Crippen molar-refractivity contribution in [1.82, 2.24) is 0 Å². The van der Waals surface area contributed by atoms with Gasteiger partial charge in [0, 0.05) is 5.88 Å². The van der Waals surface area contributed by atoms with E-state index in [0.29, 0.717) is 5.88 Å². The van der Waals surface area contributed by atoms with Crippen molar-refractivity contribution >= 4 is 23.6 Å². The molecule has 16 heavy (non-hydrogen) atoms. The Morgan fingerprint density at radius 3 is 2.88 bits per heavy atom. The summed E-state index contributed by atoms with van der Waals surface area (Å²) in [6.07, 6.45) is 4.09. The van der Waals surface area contributed by atoms with Crippen LogP contribution in [-0.2, 0) is 11.2 Å². The van der Waals surface area contributed by atoms with Gasteiger partial charge in [-0.1, -0.05) is 18.2 Å². The fraction of sp³-hybridized carbons (Fsp3) is 0.250. The van der Waals surface area contributed by atoms with E-state index in [1.54, 1.807) is 12.1 Å². The monoisotopic (exact) mass is 242 g/mol. The summed E-state index contributed by atoms with van der Waals surface area (Å²) >= 11 is 5.50. The predicted molar refractivity (Wildman–Crippen MR) is 62.1 cm³/mol. The predicted octanol–water partition coefficient (Wildman–Crippen LogP) is 3.09. The molecule has 1 rings (SSSR count). The Bertz CT molecular complexity index is 402. The van der Waals surface area contributed by atoms with Gasteiger partial charge < -0.3 is 5.11 Å². The van der Waals surface area contributed by atoms with E-state index in [2.05, 4.69) is 0 Å². The maximum atomic E-state index is 13.2. The van der Waals surface area contributed by atoms with Crippen molar-refractivity contribution in [2.45, 2.75) is 12.8 Å². The first-order valence-electron chi connectivity index (χ1n) is 4.86. The number of rotatable bonds is 5. The molecule has 0 heterocycles. The Labute approximate surface area is 98.4 Å². The first-order chi connectivity index (χ1) is 7.63. The number of aliphatic carboxylic acids is 1. The summed E-state index contributed by atoms with van der Waals surface area (Å²) in [4.78, 5) is 10.5. The number of allylic oxidation sites excluding steroid dienone is 1. The van der Waals surface area contributed by atoms with Crippen LogP contribution in [0.5, 0.6) is 0 Å². The number of alkyl halides is 1. The molecule has 0 saturated carbocycles. The first kappa shape index (κ1) is 12.7. The molecule has 0 atom stereocenters. The van der Waals surface area contributed by atoms with Crippen molar-refractivity contribution in [3.05, 3.63) is 41.2 Å².